The standard InChI is InChI=1S/C37H39N3O6S/c1-8-40(47(7,43)44)31-23-32-30(22-29(31)25-13-12-14-26(21-25)36(42)39(6)37(2,3)4)33(35(41)38-5)34(46-32)24-17-19-28(20-18-24)45-27-15-10-9-11-16-27/h9-23H,8H2,1-7H3,(H,38,41). The van der Waals surface area contributed by atoms with Crippen molar-refractivity contribution >= 4 is 38.5 Å². The first-order chi connectivity index (χ1) is 22.2. The van der Waals surface area contributed by atoms with Crippen molar-refractivity contribution in [3.05, 3.63) is 102 Å². The topological polar surface area (TPSA) is 109 Å². The third-order valence-electron chi connectivity index (χ3n) is 8.04. The quantitative estimate of drug-likeness (QED) is 0.176. The van der Waals surface area contributed by atoms with E-state index in [0.717, 1.165) is 6.26 Å². The van der Waals surface area contributed by atoms with Gasteiger partial charge in [-0.1, -0.05) is 30.3 Å². The Morgan fingerprint density at radius 2 is 1.53 bits per heavy atom. The molecule has 0 unspecified atom stereocenters. The van der Waals surface area contributed by atoms with Crippen molar-refractivity contribution < 1.29 is 27.2 Å². The predicted molar refractivity (Wildman–Crippen MR) is 187 cm³/mol. The summed E-state index contributed by atoms with van der Waals surface area (Å²) in [5, 5.41) is 3.21. The molecule has 1 aromatic heterocycles. The minimum Gasteiger partial charge on any atom is -0.457 e. The molecule has 0 bridgehead atoms. The van der Waals surface area contributed by atoms with E-state index in [0.29, 0.717) is 61.7 Å². The number of hydrogen-bond donors (Lipinski definition) is 1. The van der Waals surface area contributed by atoms with Gasteiger partial charge in [-0.25, -0.2) is 8.42 Å². The fourth-order valence-corrected chi connectivity index (χ4v) is 6.30. The first-order valence-electron chi connectivity index (χ1n) is 15.2. The molecule has 0 aliphatic heterocycles. The second-order valence-electron chi connectivity index (χ2n) is 12.2. The van der Waals surface area contributed by atoms with E-state index in [1.807, 2.05) is 57.2 Å². The maximum absolute atomic E-state index is 13.4. The fraction of sp³-hybridized carbons (Fsp3) is 0.243. The number of sulfonamides is 1. The molecule has 1 N–H and O–H groups in total. The highest BCUT2D eigenvalue weighted by molar-refractivity contribution is 7.92. The van der Waals surface area contributed by atoms with Gasteiger partial charge in [0, 0.05) is 54.3 Å². The second-order valence-corrected chi connectivity index (χ2v) is 14.1. The number of benzene rings is 4. The smallest absolute Gasteiger partial charge is 0.255 e. The molecule has 0 aliphatic carbocycles. The van der Waals surface area contributed by atoms with Crippen LogP contribution < -0.4 is 14.4 Å². The van der Waals surface area contributed by atoms with Crippen LogP contribution in [-0.4, -0.2) is 57.6 Å². The van der Waals surface area contributed by atoms with Gasteiger partial charge in [-0.05, 0) is 87.9 Å². The van der Waals surface area contributed by atoms with E-state index in [9.17, 15) is 18.0 Å². The zero-order valence-corrected chi connectivity index (χ0v) is 28.4. The maximum Gasteiger partial charge on any atom is 0.255 e. The molecule has 0 atom stereocenters. The summed E-state index contributed by atoms with van der Waals surface area (Å²) in [5.41, 5.74) is 2.83. The molecule has 0 aliphatic rings. The molecule has 2 amide bonds. The van der Waals surface area contributed by atoms with E-state index in [4.69, 9.17) is 9.15 Å². The molecule has 10 heteroatoms. The largest absolute Gasteiger partial charge is 0.457 e. The highest BCUT2D eigenvalue weighted by atomic mass is 32.2. The molecule has 4 aromatic carbocycles. The summed E-state index contributed by atoms with van der Waals surface area (Å²) in [5.74, 6) is 1.09. The highest BCUT2D eigenvalue weighted by Gasteiger charge is 2.28. The number of nitrogens with one attached hydrogen (secondary N) is 1. The summed E-state index contributed by atoms with van der Waals surface area (Å²) in [6.45, 7) is 7.75. The van der Waals surface area contributed by atoms with Crippen LogP contribution in [0.3, 0.4) is 0 Å². The minimum atomic E-state index is -3.71. The van der Waals surface area contributed by atoms with Crippen LogP contribution in [0.2, 0.25) is 0 Å². The van der Waals surface area contributed by atoms with Gasteiger partial charge < -0.3 is 19.4 Å². The molecule has 5 aromatic rings. The molecule has 5 rings (SSSR count). The van der Waals surface area contributed by atoms with Crippen molar-refractivity contribution in [3.8, 4) is 33.9 Å². The Bertz CT molecular complexity index is 2050. The Morgan fingerprint density at radius 3 is 2.13 bits per heavy atom. The van der Waals surface area contributed by atoms with E-state index < -0.39 is 15.6 Å². The van der Waals surface area contributed by atoms with E-state index in [2.05, 4.69) is 5.32 Å². The number of nitrogens with zero attached hydrogens (tertiary/aromatic N) is 2. The number of hydrogen-bond acceptors (Lipinski definition) is 6. The number of anilines is 1. The molecular formula is C37H39N3O6S. The van der Waals surface area contributed by atoms with Crippen molar-refractivity contribution in [2.24, 2.45) is 0 Å². The van der Waals surface area contributed by atoms with Gasteiger partial charge in [0.25, 0.3) is 11.8 Å². The van der Waals surface area contributed by atoms with E-state index in [1.54, 1.807) is 80.5 Å². The van der Waals surface area contributed by atoms with Crippen LogP contribution in [0.4, 0.5) is 5.69 Å². The van der Waals surface area contributed by atoms with Gasteiger partial charge in [-0.15, -0.1) is 0 Å². The monoisotopic (exact) mass is 653 g/mol. The van der Waals surface area contributed by atoms with Gasteiger partial charge >= 0.3 is 0 Å². The Balaban J connectivity index is 1.70. The van der Waals surface area contributed by atoms with Gasteiger partial charge in [0.05, 0.1) is 17.5 Å². The van der Waals surface area contributed by atoms with Crippen molar-refractivity contribution in [2.75, 3.05) is 31.2 Å². The lowest BCUT2D eigenvalue weighted by atomic mass is 9.96. The Hall–Kier alpha value is -5.09. The van der Waals surface area contributed by atoms with Crippen LogP contribution in [0.15, 0.2) is 95.4 Å². The summed E-state index contributed by atoms with van der Waals surface area (Å²) >= 11 is 0. The first kappa shape index (κ1) is 33.3. The summed E-state index contributed by atoms with van der Waals surface area (Å²) in [7, 11) is -0.420. The summed E-state index contributed by atoms with van der Waals surface area (Å²) < 4.78 is 39.6. The Labute approximate surface area is 275 Å². The highest BCUT2D eigenvalue weighted by Crippen LogP contribution is 2.42. The molecule has 0 fully saturated rings. The Morgan fingerprint density at radius 1 is 0.872 bits per heavy atom. The number of furan rings is 1. The lowest BCUT2D eigenvalue weighted by Gasteiger charge is -2.32. The summed E-state index contributed by atoms with van der Waals surface area (Å²) in [6.07, 6.45) is 1.14. The molecule has 9 nitrogen and oxygen atoms in total. The van der Waals surface area contributed by atoms with Gasteiger partial charge in [-0.2, -0.15) is 0 Å². The molecule has 0 saturated carbocycles. The van der Waals surface area contributed by atoms with Crippen molar-refractivity contribution in [1.29, 1.82) is 0 Å². The fourth-order valence-electron chi connectivity index (χ4n) is 5.32. The van der Waals surface area contributed by atoms with Gasteiger partial charge in [0.1, 0.15) is 22.8 Å². The first-order valence-corrected chi connectivity index (χ1v) is 17.1. The van der Waals surface area contributed by atoms with Crippen LogP contribution in [0.5, 0.6) is 11.5 Å². The number of fused-ring (bicyclic) bond motifs is 1. The normalized spacial score (nSPS) is 11.7. The maximum atomic E-state index is 13.4. The van der Waals surface area contributed by atoms with Crippen molar-refractivity contribution in [2.45, 2.75) is 33.2 Å². The molecule has 0 radical (unpaired) electrons. The second kappa shape index (κ2) is 13.0. The Kier molecular flexibility index (Phi) is 9.18. The number of carbonyl (C=O) groups is 2. The molecular weight excluding hydrogens is 614 g/mol. The average Bonchev–Trinajstić information content (AvgIpc) is 3.42. The van der Waals surface area contributed by atoms with Gasteiger partial charge in [0.2, 0.25) is 10.0 Å². The molecule has 0 spiro atoms. The number of rotatable bonds is 9. The average molecular weight is 654 g/mol. The van der Waals surface area contributed by atoms with E-state index in [1.165, 1.54) is 4.31 Å². The predicted octanol–water partition coefficient (Wildman–Crippen LogP) is 7.58. The van der Waals surface area contributed by atoms with Crippen LogP contribution in [0, 0.1) is 0 Å². The summed E-state index contributed by atoms with van der Waals surface area (Å²) in [6, 6.07) is 27.1. The molecule has 0 saturated heterocycles. The number of amides is 2. The third-order valence-corrected chi connectivity index (χ3v) is 9.30. The van der Waals surface area contributed by atoms with Crippen molar-refractivity contribution in [1.82, 2.24) is 10.2 Å². The van der Waals surface area contributed by atoms with Gasteiger partial charge in [0.15, 0.2) is 0 Å². The number of carbonyl (C=O) groups excluding carboxylic acids is 2. The van der Waals surface area contributed by atoms with E-state index in [-0.39, 0.29) is 18.4 Å². The SMILES string of the molecule is CCN(c1cc2oc(-c3ccc(Oc4ccccc4)cc3)c(C(=O)NC)c2cc1-c1cccc(C(=O)N(C)C(C)(C)C)c1)S(C)(=O)=O. The zero-order chi connectivity index (χ0) is 34.1. The lowest BCUT2D eigenvalue weighted by molar-refractivity contribution is 0.0655. The zero-order valence-electron chi connectivity index (χ0n) is 27.6. The van der Waals surface area contributed by atoms with Crippen LogP contribution in [0.25, 0.3) is 33.4 Å². The number of para-hydroxylation sites is 1. The lowest BCUT2D eigenvalue weighted by Crippen LogP contribution is -2.42. The number of ether oxygens (including phenoxy) is 1. The molecule has 47 heavy (non-hydrogen) atoms. The van der Waals surface area contributed by atoms with Crippen LogP contribution in [0.1, 0.15) is 48.4 Å². The minimum absolute atomic E-state index is 0.154. The third kappa shape index (κ3) is 6.88. The van der Waals surface area contributed by atoms with Crippen LogP contribution in [-0.2, 0) is 10.0 Å². The molecule has 244 valence electrons. The van der Waals surface area contributed by atoms with Crippen molar-refractivity contribution in [3.63, 3.8) is 0 Å². The summed E-state index contributed by atoms with van der Waals surface area (Å²) in [4.78, 5) is 28.5. The van der Waals surface area contributed by atoms with Gasteiger partial charge in [-0.3, -0.25) is 13.9 Å². The molecule has 1 heterocycles. The van der Waals surface area contributed by atoms with Crippen LogP contribution >= 0.6 is 0 Å². The van der Waals surface area contributed by atoms with E-state index >= 15 is 0 Å².